The molecule has 0 saturated carbocycles. The third kappa shape index (κ3) is 8.01. The molecule has 0 aliphatic carbocycles. The van der Waals surface area contributed by atoms with Gasteiger partial charge in [-0.05, 0) is 68.5 Å². The molecule has 0 heterocycles. The number of amides is 3. The quantitative estimate of drug-likeness (QED) is 0.215. The molecule has 0 aliphatic rings. The van der Waals surface area contributed by atoms with Gasteiger partial charge in [0.1, 0.15) is 6.04 Å². The van der Waals surface area contributed by atoms with Crippen LogP contribution in [0, 0.1) is 11.8 Å². The molecule has 2 rings (SSSR count). The normalized spacial score (nSPS) is 12.2. The molecule has 2 aromatic carbocycles. The fraction of sp³-hybridized carbons (Fsp3) is 0.320. The van der Waals surface area contributed by atoms with Crippen LogP contribution in [0.5, 0.6) is 0 Å². The highest BCUT2D eigenvalue weighted by molar-refractivity contribution is 5.97. The molecule has 9 nitrogen and oxygen atoms in total. The van der Waals surface area contributed by atoms with E-state index in [4.69, 9.17) is 5.21 Å². The van der Waals surface area contributed by atoms with Crippen LogP contribution in [0.25, 0.3) is 0 Å². The number of nitrogens with one attached hydrogen (secondary N) is 3. The van der Waals surface area contributed by atoms with Crippen molar-refractivity contribution < 1.29 is 24.7 Å². The van der Waals surface area contributed by atoms with Gasteiger partial charge in [-0.15, -0.1) is 0 Å². The maximum atomic E-state index is 12.3. The van der Waals surface area contributed by atoms with Gasteiger partial charge >= 0.3 is 0 Å². The molecule has 2 aromatic rings. The van der Waals surface area contributed by atoms with Crippen molar-refractivity contribution in [3.8, 4) is 11.8 Å². The lowest BCUT2D eigenvalue weighted by molar-refractivity contribution is -0.133. The summed E-state index contributed by atoms with van der Waals surface area (Å²) >= 11 is 0. The number of hydrogen-bond donors (Lipinski definition) is 5. The van der Waals surface area contributed by atoms with Gasteiger partial charge in [0.15, 0.2) is 0 Å². The SMILES string of the molecule is CCN(CC)CC(=O)Nc1ccc(C#Cc2ccc(C(=O)N[C@H](C(=O)NO)[C@@H](C)O)cc2)cc1. The van der Waals surface area contributed by atoms with E-state index in [-0.39, 0.29) is 11.5 Å². The van der Waals surface area contributed by atoms with Gasteiger partial charge in [-0.3, -0.25) is 24.5 Å². The predicted molar refractivity (Wildman–Crippen MR) is 128 cm³/mol. The molecule has 180 valence electrons. The Kier molecular flexibility index (Phi) is 10.2. The van der Waals surface area contributed by atoms with Crippen LogP contribution in [0.15, 0.2) is 48.5 Å². The first kappa shape index (κ1) is 26.5. The molecule has 0 unspecified atom stereocenters. The van der Waals surface area contributed by atoms with Crippen molar-refractivity contribution in [1.82, 2.24) is 15.7 Å². The fourth-order valence-electron chi connectivity index (χ4n) is 3.04. The Morgan fingerprint density at radius 3 is 1.94 bits per heavy atom. The summed E-state index contributed by atoms with van der Waals surface area (Å²) in [5, 5.41) is 23.6. The smallest absolute Gasteiger partial charge is 0.268 e. The largest absolute Gasteiger partial charge is 0.391 e. The molecule has 0 bridgehead atoms. The Labute approximate surface area is 199 Å². The van der Waals surface area contributed by atoms with E-state index in [9.17, 15) is 19.5 Å². The van der Waals surface area contributed by atoms with Gasteiger partial charge in [0.25, 0.3) is 11.8 Å². The number of nitrogens with zero attached hydrogens (tertiary/aromatic N) is 1. The molecule has 0 aromatic heterocycles. The second-order valence-electron chi connectivity index (χ2n) is 7.58. The third-order valence-corrected chi connectivity index (χ3v) is 5.09. The van der Waals surface area contributed by atoms with Crippen molar-refractivity contribution in [2.24, 2.45) is 0 Å². The van der Waals surface area contributed by atoms with Gasteiger partial charge in [0.05, 0.1) is 12.6 Å². The molecule has 0 fully saturated rings. The van der Waals surface area contributed by atoms with Crippen molar-refractivity contribution in [3.63, 3.8) is 0 Å². The molecule has 0 spiro atoms. The van der Waals surface area contributed by atoms with Crippen LogP contribution in [0.4, 0.5) is 5.69 Å². The number of rotatable bonds is 9. The molecular weight excluding hydrogens is 436 g/mol. The molecule has 9 heteroatoms. The third-order valence-electron chi connectivity index (χ3n) is 5.09. The number of hydrogen-bond acceptors (Lipinski definition) is 6. The van der Waals surface area contributed by atoms with Crippen molar-refractivity contribution in [2.75, 3.05) is 25.0 Å². The molecule has 0 radical (unpaired) electrons. The monoisotopic (exact) mass is 466 g/mol. The molecule has 5 N–H and O–H groups in total. The van der Waals surface area contributed by atoms with Crippen LogP contribution in [0.2, 0.25) is 0 Å². The van der Waals surface area contributed by atoms with E-state index in [1.165, 1.54) is 12.4 Å². The Morgan fingerprint density at radius 1 is 0.941 bits per heavy atom. The van der Waals surface area contributed by atoms with Crippen molar-refractivity contribution in [1.29, 1.82) is 0 Å². The summed E-state index contributed by atoms with van der Waals surface area (Å²) in [6, 6.07) is 12.3. The van der Waals surface area contributed by atoms with E-state index in [0.717, 1.165) is 18.7 Å². The first-order chi connectivity index (χ1) is 16.3. The topological polar surface area (TPSA) is 131 Å². The first-order valence-corrected chi connectivity index (χ1v) is 10.9. The number of anilines is 1. The minimum atomic E-state index is -1.29. The van der Waals surface area contributed by atoms with Gasteiger partial charge < -0.3 is 15.7 Å². The van der Waals surface area contributed by atoms with Crippen LogP contribution >= 0.6 is 0 Å². The number of aliphatic hydroxyl groups excluding tert-OH is 1. The molecule has 0 saturated heterocycles. The minimum absolute atomic E-state index is 0.0663. The lowest BCUT2D eigenvalue weighted by Crippen LogP contribution is -2.51. The Balaban J connectivity index is 1.98. The second-order valence-corrected chi connectivity index (χ2v) is 7.58. The van der Waals surface area contributed by atoms with E-state index >= 15 is 0 Å². The van der Waals surface area contributed by atoms with Crippen LogP contribution in [-0.4, -0.2) is 64.7 Å². The van der Waals surface area contributed by atoms with Gasteiger partial charge in [0.2, 0.25) is 5.91 Å². The van der Waals surface area contributed by atoms with Crippen LogP contribution in [-0.2, 0) is 9.59 Å². The Hall–Kier alpha value is -3.71. The number of aliphatic hydroxyl groups is 1. The van der Waals surface area contributed by atoms with E-state index in [2.05, 4.69) is 22.5 Å². The zero-order chi connectivity index (χ0) is 25.1. The van der Waals surface area contributed by atoms with Gasteiger partial charge in [-0.2, -0.15) is 0 Å². The van der Waals surface area contributed by atoms with Crippen LogP contribution < -0.4 is 16.1 Å². The lowest BCUT2D eigenvalue weighted by atomic mass is 10.1. The average molecular weight is 467 g/mol. The maximum Gasteiger partial charge on any atom is 0.268 e. The first-order valence-electron chi connectivity index (χ1n) is 10.9. The summed E-state index contributed by atoms with van der Waals surface area (Å²) in [4.78, 5) is 38.0. The highest BCUT2D eigenvalue weighted by Gasteiger charge is 2.25. The summed E-state index contributed by atoms with van der Waals surface area (Å²) in [7, 11) is 0. The predicted octanol–water partition coefficient (Wildman–Crippen LogP) is 1.35. The van der Waals surface area contributed by atoms with Crippen molar-refractivity contribution >= 4 is 23.4 Å². The highest BCUT2D eigenvalue weighted by atomic mass is 16.5. The van der Waals surface area contributed by atoms with Crippen LogP contribution in [0.1, 0.15) is 42.3 Å². The lowest BCUT2D eigenvalue weighted by Gasteiger charge is -2.19. The maximum absolute atomic E-state index is 12.3. The zero-order valence-electron chi connectivity index (χ0n) is 19.5. The van der Waals surface area contributed by atoms with E-state index in [1.807, 2.05) is 30.9 Å². The Morgan fingerprint density at radius 2 is 1.47 bits per heavy atom. The van der Waals surface area contributed by atoms with Gasteiger partial charge in [-0.1, -0.05) is 25.7 Å². The molecular formula is C25H30N4O5. The molecule has 0 aliphatic heterocycles. The fourth-order valence-corrected chi connectivity index (χ4v) is 3.04. The van der Waals surface area contributed by atoms with E-state index in [1.54, 1.807) is 36.4 Å². The van der Waals surface area contributed by atoms with Crippen LogP contribution in [0.3, 0.4) is 0 Å². The van der Waals surface area contributed by atoms with Crippen molar-refractivity contribution in [3.05, 3.63) is 65.2 Å². The number of carbonyl (C=O) groups is 3. The molecule has 34 heavy (non-hydrogen) atoms. The summed E-state index contributed by atoms with van der Waals surface area (Å²) in [5.41, 5.74) is 3.82. The molecule has 2 atom stereocenters. The van der Waals surface area contributed by atoms with E-state index in [0.29, 0.717) is 17.8 Å². The Bertz CT molecular complexity index is 1040. The standard InChI is InChI=1S/C25H30N4O5/c1-4-29(5-2)16-22(31)26-21-14-10-19(11-15-21)7-6-18-8-12-20(13-9-18)24(32)27-23(17(3)30)25(33)28-34/h8-15,17,23,30,34H,4-5,16H2,1-3H3,(H,26,31)(H,27,32)(H,28,33)/t17-,23+/m1/s1. The number of likely N-dealkylation sites (N-methyl/N-ethyl adjacent to an activating group) is 1. The molecule has 3 amide bonds. The van der Waals surface area contributed by atoms with E-state index < -0.39 is 24.0 Å². The number of carbonyl (C=O) groups excluding carboxylic acids is 3. The number of hydroxylamine groups is 1. The summed E-state index contributed by atoms with van der Waals surface area (Å²) in [6.07, 6.45) is -1.19. The zero-order valence-corrected chi connectivity index (χ0v) is 19.5. The highest BCUT2D eigenvalue weighted by Crippen LogP contribution is 2.10. The van der Waals surface area contributed by atoms with Gasteiger partial charge in [0, 0.05) is 22.4 Å². The second kappa shape index (κ2) is 13.1. The van der Waals surface area contributed by atoms with Gasteiger partial charge in [-0.25, -0.2) is 5.48 Å². The number of benzene rings is 2. The minimum Gasteiger partial charge on any atom is -0.391 e. The average Bonchev–Trinajstić information content (AvgIpc) is 2.84. The summed E-state index contributed by atoms with van der Waals surface area (Å²) in [5.74, 6) is 4.47. The van der Waals surface area contributed by atoms with Crippen molar-refractivity contribution in [2.45, 2.75) is 32.9 Å². The summed E-state index contributed by atoms with van der Waals surface area (Å²) < 4.78 is 0. The summed E-state index contributed by atoms with van der Waals surface area (Å²) in [6.45, 7) is 7.32.